The molecule has 1 saturated heterocycles. The summed E-state index contributed by atoms with van der Waals surface area (Å²) in [6.07, 6.45) is 4.16. The average Bonchev–Trinajstić information content (AvgIpc) is 3.06. The van der Waals surface area contributed by atoms with E-state index in [1.807, 2.05) is 24.3 Å². The van der Waals surface area contributed by atoms with Gasteiger partial charge in [0, 0.05) is 6.54 Å². The summed E-state index contributed by atoms with van der Waals surface area (Å²) in [6.45, 7) is 3.92. The molecule has 5 heteroatoms. The summed E-state index contributed by atoms with van der Waals surface area (Å²) in [6, 6.07) is 8.11. The van der Waals surface area contributed by atoms with Crippen LogP contribution in [0, 0.1) is 5.92 Å². The molecule has 2 N–H and O–H groups in total. The maximum absolute atomic E-state index is 12.3. The lowest BCUT2D eigenvalue weighted by molar-refractivity contribution is -0.125. The minimum Gasteiger partial charge on any atom is -0.497 e. The molecule has 1 aliphatic rings. The summed E-state index contributed by atoms with van der Waals surface area (Å²) in [5.41, 5.74) is 1.16. The Balaban J connectivity index is 0.00000242. The third-order valence-corrected chi connectivity index (χ3v) is 4.11. The van der Waals surface area contributed by atoms with Gasteiger partial charge >= 0.3 is 0 Å². The van der Waals surface area contributed by atoms with Crippen molar-refractivity contribution in [3.63, 3.8) is 0 Å². The van der Waals surface area contributed by atoms with Gasteiger partial charge in [0.25, 0.3) is 0 Å². The van der Waals surface area contributed by atoms with E-state index in [9.17, 15) is 4.79 Å². The summed E-state index contributed by atoms with van der Waals surface area (Å²) in [4.78, 5) is 12.3. The van der Waals surface area contributed by atoms with Gasteiger partial charge in [-0.25, -0.2) is 0 Å². The van der Waals surface area contributed by atoms with Gasteiger partial charge in [-0.3, -0.25) is 4.79 Å². The third-order valence-electron chi connectivity index (χ3n) is 4.11. The normalized spacial score (nSPS) is 18.4. The van der Waals surface area contributed by atoms with Crippen molar-refractivity contribution < 1.29 is 9.53 Å². The standard InChI is InChI=1S/C17H26N2O2.ClH/c1-3-4-5-16(13-6-8-15(21-2)9-7-13)19-17(20)14-10-11-18-12-14;/h6-9,14,16,18H,3-5,10-12H2,1-2H3,(H,19,20);1H. The number of unbranched alkanes of at least 4 members (excludes halogenated alkanes) is 1. The molecule has 1 aliphatic heterocycles. The molecule has 22 heavy (non-hydrogen) atoms. The molecule has 1 aromatic rings. The van der Waals surface area contributed by atoms with Gasteiger partial charge in [-0.05, 0) is 37.1 Å². The molecule has 1 aromatic carbocycles. The fourth-order valence-corrected chi connectivity index (χ4v) is 2.73. The fourth-order valence-electron chi connectivity index (χ4n) is 2.73. The van der Waals surface area contributed by atoms with Crippen molar-refractivity contribution in [2.24, 2.45) is 5.92 Å². The summed E-state index contributed by atoms with van der Waals surface area (Å²) < 4.78 is 5.20. The number of benzene rings is 1. The van der Waals surface area contributed by atoms with E-state index in [1.165, 1.54) is 0 Å². The van der Waals surface area contributed by atoms with E-state index in [0.717, 1.165) is 50.1 Å². The molecule has 1 amide bonds. The van der Waals surface area contributed by atoms with Crippen LogP contribution < -0.4 is 15.4 Å². The molecule has 2 atom stereocenters. The lowest BCUT2D eigenvalue weighted by Gasteiger charge is -2.21. The Morgan fingerprint density at radius 1 is 1.41 bits per heavy atom. The van der Waals surface area contributed by atoms with Crippen LogP contribution in [0.15, 0.2) is 24.3 Å². The minimum atomic E-state index is 0. The Labute approximate surface area is 139 Å². The Hall–Kier alpha value is -1.26. The number of hydrogen-bond acceptors (Lipinski definition) is 3. The van der Waals surface area contributed by atoms with E-state index >= 15 is 0 Å². The molecule has 2 rings (SSSR count). The molecule has 1 heterocycles. The topological polar surface area (TPSA) is 50.4 Å². The van der Waals surface area contributed by atoms with E-state index in [2.05, 4.69) is 17.6 Å². The lowest BCUT2D eigenvalue weighted by atomic mass is 9.99. The minimum absolute atomic E-state index is 0. The number of carbonyl (C=O) groups is 1. The predicted molar refractivity (Wildman–Crippen MR) is 91.6 cm³/mol. The SMILES string of the molecule is CCCCC(NC(=O)C1CCNC1)c1ccc(OC)cc1.Cl. The average molecular weight is 327 g/mol. The molecule has 0 bridgehead atoms. The van der Waals surface area contributed by atoms with Crippen LogP contribution >= 0.6 is 12.4 Å². The zero-order chi connectivity index (χ0) is 15.1. The van der Waals surface area contributed by atoms with Crippen molar-refractivity contribution in [1.82, 2.24) is 10.6 Å². The number of halogens is 1. The van der Waals surface area contributed by atoms with Crippen LogP contribution in [0.3, 0.4) is 0 Å². The molecular weight excluding hydrogens is 300 g/mol. The van der Waals surface area contributed by atoms with E-state index in [1.54, 1.807) is 7.11 Å². The number of hydrogen-bond donors (Lipinski definition) is 2. The quantitative estimate of drug-likeness (QED) is 0.809. The molecule has 4 nitrogen and oxygen atoms in total. The van der Waals surface area contributed by atoms with Gasteiger partial charge in [0.05, 0.1) is 19.1 Å². The number of methoxy groups -OCH3 is 1. The van der Waals surface area contributed by atoms with Crippen molar-refractivity contribution in [3.8, 4) is 5.75 Å². The second kappa shape index (κ2) is 9.70. The maximum atomic E-state index is 12.3. The third kappa shape index (κ3) is 5.18. The second-order valence-electron chi connectivity index (χ2n) is 5.67. The van der Waals surface area contributed by atoms with E-state index in [4.69, 9.17) is 4.74 Å². The van der Waals surface area contributed by atoms with E-state index in [-0.39, 0.29) is 30.3 Å². The summed E-state index contributed by atoms with van der Waals surface area (Å²) in [5.74, 6) is 1.14. The number of ether oxygens (including phenoxy) is 1. The monoisotopic (exact) mass is 326 g/mol. The van der Waals surface area contributed by atoms with Crippen LogP contribution in [0.25, 0.3) is 0 Å². The highest BCUT2D eigenvalue weighted by atomic mass is 35.5. The molecule has 124 valence electrons. The van der Waals surface area contributed by atoms with Crippen LogP contribution in [0.5, 0.6) is 5.75 Å². The fraction of sp³-hybridized carbons (Fsp3) is 0.588. The Bertz CT molecular complexity index is 444. The first-order valence-electron chi connectivity index (χ1n) is 7.89. The van der Waals surface area contributed by atoms with Gasteiger partial charge in [0.1, 0.15) is 5.75 Å². The summed E-state index contributed by atoms with van der Waals surface area (Å²) >= 11 is 0. The van der Waals surface area contributed by atoms with Gasteiger partial charge in [-0.15, -0.1) is 12.4 Å². The van der Waals surface area contributed by atoms with Crippen LogP contribution in [0.4, 0.5) is 0 Å². The first kappa shape index (κ1) is 18.8. The van der Waals surface area contributed by atoms with E-state index < -0.39 is 0 Å². The molecule has 0 aliphatic carbocycles. The number of amides is 1. The van der Waals surface area contributed by atoms with Crippen LogP contribution in [-0.4, -0.2) is 26.1 Å². The molecule has 2 unspecified atom stereocenters. The Morgan fingerprint density at radius 2 is 2.14 bits per heavy atom. The van der Waals surface area contributed by atoms with Gasteiger partial charge in [-0.2, -0.15) is 0 Å². The number of carbonyl (C=O) groups excluding carboxylic acids is 1. The van der Waals surface area contributed by atoms with Gasteiger partial charge in [0.15, 0.2) is 0 Å². The van der Waals surface area contributed by atoms with Crippen molar-refractivity contribution in [3.05, 3.63) is 29.8 Å². The van der Waals surface area contributed by atoms with Gasteiger partial charge in [-0.1, -0.05) is 31.9 Å². The van der Waals surface area contributed by atoms with Crippen molar-refractivity contribution in [1.29, 1.82) is 0 Å². The first-order chi connectivity index (χ1) is 10.2. The van der Waals surface area contributed by atoms with Crippen molar-refractivity contribution >= 4 is 18.3 Å². The summed E-state index contributed by atoms with van der Waals surface area (Å²) in [7, 11) is 1.67. The Morgan fingerprint density at radius 3 is 2.68 bits per heavy atom. The Kier molecular flexibility index (Phi) is 8.28. The number of rotatable bonds is 7. The van der Waals surface area contributed by atoms with Crippen LogP contribution in [-0.2, 0) is 4.79 Å². The zero-order valence-corrected chi connectivity index (χ0v) is 14.2. The molecule has 0 radical (unpaired) electrons. The largest absolute Gasteiger partial charge is 0.497 e. The predicted octanol–water partition coefficient (Wildman–Crippen LogP) is 3.07. The highest BCUT2D eigenvalue weighted by Gasteiger charge is 2.24. The lowest BCUT2D eigenvalue weighted by Crippen LogP contribution is -2.35. The molecule has 1 fully saturated rings. The maximum Gasteiger partial charge on any atom is 0.224 e. The first-order valence-corrected chi connectivity index (χ1v) is 7.89. The highest BCUT2D eigenvalue weighted by molar-refractivity contribution is 5.85. The number of nitrogens with one attached hydrogen (secondary N) is 2. The molecular formula is C17H27ClN2O2. The van der Waals surface area contributed by atoms with Crippen molar-refractivity contribution in [2.45, 2.75) is 38.6 Å². The highest BCUT2D eigenvalue weighted by Crippen LogP contribution is 2.23. The van der Waals surface area contributed by atoms with Gasteiger partial charge < -0.3 is 15.4 Å². The van der Waals surface area contributed by atoms with Gasteiger partial charge in [0.2, 0.25) is 5.91 Å². The smallest absolute Gasteiger partial charge is 0.224 e. The second-order valence-corrected chi connectivity index (χ2v) is 5.67. The van der Waals surface area contributed by atoms with Crippen molar-refractivity contribution in [2.75, 3.05) is 20.2 Å². The summed E-state index contributed by atoms with van der Waals surface area (Å²) in [5, 5.41) is 6.47. The van der Waals surface area contributed by atoms with Crippen LogP contribution in [0.1, 0.15) is 44.2 Å². The van der Waals surface area contributed by atoms with E-state index in [0.29, 0.717) is 0 Å². The van der Waals surface area contributed by atoms with Crippen LogP contribution in [0.2, 0.25) is 0 Å². The molecule has 0 saturated carbocycles. The zero-order valence-electron chi connectivity index (χ0n) is 13.4. The molecule has 0 aromatic heterocycles. The molecule has 0 spiro atoms.